The zero-order valence-corrected chi connectivity index (χ0v) is 18.8. The van der Waals surface area contributed by atoms with Gasteiger partial charge in [-0.15, -0.1) is 0 Å². The number of sulfonamides is 1. The number of hydrogen-bond acceptors (Lipinski definition) is 5. The van der Waals surface area contributed by atoms with E-state index in [9.17, 15) is 13.2 Å². The van der Waals surface area contributed by atoms with Crippen LogP contribution in [0.2, 0.25) is 5.02 Å². The Labute approximate surface area is 187 Å². The molecule has 0 aliphatic carbocycles. The molecular formula is C22H25ClN2O5S. The number of piperidine rings is 1. The normalized spacial score (nSPS) is 18.4. The number of halogens is 1. The van der Waals surface area contributed by atoms with Gasteiger partial charge in [-0.3, -0.25) is 4.79 Å². The molecule has 2 heterocycles. The standard InChI is InChI=1S/C22H25ClN2O5S/c1-15(16-2-4-18(23)5-3-16)24-22(26)17-8-10-25(11-9-17)31(27,28)19-6-7-20-21(14-19)30-13-12-29-20/h2-7,14-15,17H,8-13H2,1H3,(H,24,26). The summed E-state index contributed by atoms with van der Waals surface area (Å²) in [5.74, 6) is 0.716. The molecular weight excluding hydrogens is 440 g/mol. The van der Waals surface area contributed by atoms with Crippen molar-refractivity contribution in [2.75, 3.05) is 26.3 Å². The lowest BCUT2D eigenvalue weighted by Crippen LogP contribution is -2.43. The Hall–Kier alpha value is -2.29. The zero-order valence-electron chi connectivity index (χ0n) is 17.2. The third kappa shape index (κ3) is 4.81. The van der Waals surface area contributed by atoms with Gasteiger partial charge in [-0.1, -0.05) is 23.7 Å². The fourth-order valence-electron chi connectivity index (χ4n) is 3.86. The first-order valence-corrected chi connectivity index (χ1v) is 12.1. The summed E-state index contributed by atoms with van der Waals surface area (Å²) in [6.07, 6.45) is 0.950. The lowest BCUT2D eigenvalue weighted by molar-refractivity contribution is -0.126. The van der Waals surface area contributed by atoms with Crippen LogP contribution in [0, 0.1) is 5.92 Å². The Bertz CT molecular complexity index is 1050. The van der Waals surface area contributed by atoms with Crippen LogP contribution < -0.4 is 14.8 Å². The van der Waals surface area contributed by atoms with Crippen LogP contribution in [-0.2, 0) is 14.8 Å². The van der Waals surface area contributed by atoms with E-state index < -0.39 is 10.0 Å². The number of carbonyl (C=O) groups excluding carboxylic acids is 1. The maximum atomic E-state index is 13.1. The molecule has 1 N–H and O–H groups in total. The average molecular weight is 465 g/mol. The van der Waals surface area contributed by atoms with Crippen LogP contribution in [0.5, 0.6) is 11.5 Å². The fraction of sp³-hybridized carbons (Fsp3) is 0.409. The van der Waals surface area contributed by atoms with Crippen molar-refractivity contribution in [3.8, 4) is 11.5 Å². The molecule has 4 rings (SSSR count). The summed E-state index contributed by atoms with van der Waals surface area (Å²) < 4.78 is 38.5. The predicted octanol–water partition coefficient (Wildman–Crippen LogP) is 3.39. The summed E-state index contributed by atoms with van der Waals surface area (Å²) in [5, 5.41) is 3.67. The van der Waals surface area contributed by atoms with E-state index in [1.807, 2.05) is 19.1 Å². The molecule has 2 aliphatic heterocycles. The molecule has 7 nitrogen and oxygen atoms in total. The molecule has 2 aliphatic rings. The van der Waals surface area contributed by atoms with Gasteiger partial charge < -0.3 is 14.8 Å². The highest BCUT2D eigenvalue weighted by Gasteiger charge is 2.33. The molecule has 0 bridgehead atoms. The van der Waals surface area contributed by atoms with Gasteiger partial charge in [0.2, 0.25) is 15.9 Å². The second-order valence-electron chi connectivity index (χ2n) is 7.77. The van der Waals surface area contributed by atoms with Gasteiger partial charge in [0.05, 0.1) is 10.9 Å². The maximum absolute atomic E-state index is 13.1. The van der Waals surface area contributed by atoms with E-state index in [-0.39, 0.29) is 22.8 Å². The number of carbonyl (C=O) groups is 1. The SMILES string of the molecule is CC(NC(=O)C1CCN(S(=O)(=O)c2ccc3c(c2)OCCO3)CC1)c1ccc(Cl)cc1. The Kier molecular flexibility index (Phi) is 6.41. The van der Waals surface area contributed by atoms with Crippen LogP contribution in [0.3, 0.4) is 0 Å². The quantitative estimate of drug-likeness (QED) is 0.733. The summed E-state index contributed by atoms with van der Waals surface area (Å²) in [4.78, 5) is 12.9. The number of amides is 1. The molecule has 9 heteroatoms. The van der Waals surface area contributed by atoms with Crippen molar-refractivity contribution >= 4 is 27.5 Å². The third-order valence-corrected chi connectivity index (χ3v) is 7.85. The Balaban J connectivity index is 1.36. The predicted molar refractivity (Wildman–Crippen MR) is 117 cm³/mol. The van der Waals surface area contributed by atoms with Gasteiger partial charge in [-0.2, -0.15) is 4.31 Å². The summed E-state index contributed by atoms with van der Waals surface area (Å²) in [7, 11) is -3.66. The van der Waals surface area contributed by atoms with Gasteiger partial charge >= 0.3 is 0 Å². The van der Waals surface area contributed by atoms with Gasteiger partial charge in [-0.25, -0.2) is 8.42 Å². The van der Waals surface area contributed by atoms with Gasteiger partial charge in [0.1, 0.15) is 13.2 Å². The average Bonchev–Trinajstić information content (AvgIpc) is 2.79. The second kappa shape index (κ2) is 9.06. The molecule has 1 atom stereocenters. The second-order valence-corrected chi connectivity index (χ2v) is 10.1. The van der Waals surface area contributed by atoms with E-state index in [0.29, 0.717) is 55.7 Å². The van der Waals surface area contributed by atoms with E-state index in [1.165, 1.54) is 16.4 Å². The van der Waals surface area contributed by atoms with Crippen LogP contribution in [0.1, 0.15) is 31.4 Å². The van der Waals surface area contributed by atoms with E-state index in [0.717, 1.165) is 5.56 Å². The lowest BCUT2D eigenvalue weighted by Gasteiger charge is -2.31. The number of nitrogens with one attached hydrogen (secondary N) is 1. The largest absolute Gasteiger partial charge is 0.486 e. The van der Waals surface area contributed by atoms with E-state index in [1.54, 1.807) is 18.2 Å². The zero-order chi connectivity index (χ0) is 22.0. The first-order chi connectivity index (χ1) is 14.8. The van der Waals surface area contributed by atoms with Crippen LogP contribution in [0.4, 0.5) is 0 Å². The highest BCUT2D eigenvalue weighted by Crippen LogP contribution is 2.34. The molecule has 2 aromatic rings. The number of ether oxygens (including phenoxy) is 2. The maximum Gasteiger partial charge on any atom is 0.243 e. The van der Waals surface area contributed by atoms with Crippen molar-refractivity contribution in [2.24, 2.45) is 5.92 Å². The Morgan fingerprint density at radius 3 is 2.39 bits per heavy atom. The molecule has 0 radical (unpaired) electrons. The summed E-state index contributed by atoms with van der Waals surface area (Å²) in [5.41, 5.74) is 0.969. The minimum Gasteiger partial charge on any atom is -0.486 e. The highest BCUT2D eigenvalue weighted by atomic mass is 35.5. The number of benzene rings is 2. The first-order valence-electron chi connectivity index (χ1n) is 10.3. The van der Waals surface area contributed by atoms with Gasteiger partial charge in [0.15, 0.2) is 11.5 Å². The first kappa shape index (κ1) is 21.9. The molecule has 1 saturated heterocycles. The minimum atomic E-state index is -3.66. The molecule has 0 spiro atoms. The van der Waals surface area contributed by atoms with Crippen LogP contribution in [0.25, 0.3) is 0 Å². The van der Waals surface area contributed by atoms with Crippen LogP contribution in [-0.4, -0.2) is 44.9 Å². The molecule has 1 fully saturated rings. The number of fused-ring (bicyclic) bond motifs is 1. The lowest BCUT2D eigenvalue weighted by atomic mass is 9.96. The minimum absolute atomic E-state index is 0.0566. The molecule has 1 unspecified atom stereocenters. The molecule has 2 aromatic carbocycles. The van der Waals surface area contributed by atoms with Crippen molar-refractivity contribution in [1.82, 2.24) is 9.62 Å². The number of hydrogen-bond donors (Lipinski definition) is 1. The fourth-order valence-corrected chi connectivity index (χ4v) is 5.47. The third-order valence-electron chi connectivity index (χ3n) is 5.70. The van der Waals surface area contributed by atoms with Crippen molar-refractivity contribution in [3.05, 3.63) is 53.1 Å². The molecule has 0 aromatic heterocycles. The molecule has 1 amide bonds. The molecule has 166 valence electrons. The van der Waals surface area contributed by atoms with Crippen LogP contribution >= 0.6 is 11.6 Å². The summed E-state index contributed by atoms with van der Waals surface area (Å²) in [6.45, 7) is 3.35. The molecule has 31 heavy (non-hydrogen) atoms. The highest BCUT2D eigenvalue weighted by molar-refractivity contribution is 7.89. The number of rotatable bonds is 5. The Morgan fingerprint density at radius 2 is 1.71 bits per heavy atom. The van der Waals surface area contributed by atoms with E-state index >= 15 is 0 Å². The monoisotopic (exact) mass is 464 g/mol. The van der Waals surface area contributed by atoms with E-state index in [4.69, 9.17) is 21.1 Å². The van der Waals surface area contributed by atoms with Crippen molar-refractivity contribution in [3.63, 3.8) is 0 Å². The number of nitrogens with zero attached hydrogens (tertiary/aromatic N) is 1. The van der Waals surface area contributed by atoms with Gasteiger partial charge in [0, 0.05) is 30.1 Å². The van der Waals surface area contributed by atoms with Crippen molar-refractivity contribution < 1.29 is 22.7 Å². The topological polar surface area (TPSA) is 84.9 Å². The van der Waals surface area contributed by atoms with Gasteiger partial charge in [0.25, 0.3) is 0 Å². The Morgan fingerprint density at radius 1 is 1.06 bits per heavy atom. The summed E-state index contributed by atoms with van der Waals surface area (Å²) >= 11 is 5.92. The van der Waals surface area contributed by atoms with Gasteiger partial charge in [-0.05, 0) is 49.6 Å². The van der Waals surface area contributed by atoms with E-state index in [2.05, 4.69) is 5.32 Å². The smallest absolute Gasteiger partial charge is 0.243 e. The van der Waals surface area contributed by atoms with Crippen molar-refractivity contribution in [2.45, 2.75) is 30.7 Å². The summed E-state index contributed by atoms with van der Waals surface area (Å²) in [6, 6.07) is 11.9. The van der Waals surface area contributed by atoms with Crippen LogP contribution in [0.15, 0.2) is 47.4 Å². The molecule has 0 saturated carbocycles. The van der Waals surface area contributed by atoms with Crippen molar-refractivity contribution in [1.29, 1.82) is 0 Å².